The molecule has 15 heavy (non-hydrogen) atoms. The van der Waals surface area contributed by atoms with Gasteiger partial charge in [-0.05, 0) is 18.2 Å². The van der Waals surface area contributed by atoms with E-state index >= 15 is 0 Å². The summed E-state index contributed by atoms with van der Waals surface area (Å²) in [5.41, 5.74) is 2.04. The average Bonchev–Trinajstić information content (AvgIpc) is 2.59. The lowest BCUT2D eigenvalue weighted by Gasteiger charge is -2.02. The Balaban J connectivity index is 2.64. The first-order valence-corrected chi connectivity index (χ1v) is 4.97. The zero-order valence-corrected chi connectivity index (χ0v) is 9.13. The molecule has 0 spiro atoms. The van der Waals surface area contributed by atoms with Gasteiger partial charge in [-0.25, -0.2) is 0 Å². The fourth-order valence-electron chi connectivity index (χ4n) is 1.41. The Morgan fingerprint density at radius 1 is 1.27 bits per heavy atom. The molecule has 0 N–H and O–H groups in total. The van der Waals surface area contributed by atoms with Crippen LogP contribution in [0.3, 0.4) is 0 Å². The fourth-order valence-corrected chi connectivity index (χ4v) is 1.85. The zero-order valence-electron chi connectivity index (χ0n) is 7.61. The minimum Gasteiger partial charge on any atom is -0.259 e. The van der Waals surface area contributed by atoms with Gasteiger partial charge in [0.1, 0.15) is 6.07 Å². The third-order valence-electron chi connectivity index (χ3n) is 2.06. The van der Waals surface area contributed by atoms with Crippen molar-refractivity contribution in [1.29, 1.82) is 5.26 Å². The minimum atomic E-state index is 0.535. The summed E-state index contributed by atoms with van der Waals surface area (Å²) in [5.74, 6) is 0. The summed E-state index contributed by atoms with van der Waals surface area (Å²) < 4.78 is 1.39. The lowest BCUT2D eigenvalue weighted by molar-refractivity contribution is 1.26. The molecule has 2 nitrogen and oxygen atoms in total. The molecule has 0 amide bonds. The van der Waals surface area contributed by atoms with Gasteiger partial charge in [-0.2, -0.15) is 5.26 Å². The van der Waals surface area contributed by atoms with E-state index in [4.69, 9.17) is 28.6 Å². The number of halogens is 2. The predicted octanol–water partition coefficient (Wildman–Crippen LogP) is 3.68. The van der Waals surface area contributed by atoms with E-state index in [1.807, 2.05) is 12.1 Å². The summed E-state index contributed by atoms with van der Waals surface area (Å²) in [6, 6.07) is 11.0. The smallest absolute Gasteiger partial charge is 0.101 e. The first-order valence-electron chi connectivity index (χ1n) is 4.26. The highest BCUT2D eigenvalue weighted by Crippen LogP contribution is 2.27. The van der Waals surface area contributed by atoms with E-state index in [0.717, 1.165) is 5.56 Å². The molecule has 74 valence electrons. The average molecular weight is 237 g/mol. The van der Waals surface area contributed by atoms with Crippen molar-refractivity contribution in [2.75, 3.05) is 0 Å². The van der Waals surface area contributed by atoms with Crippen LogP contribution in [-0.2, 0) is 0 Å². The standard InChI is InChI=1S/C11H6Cl2N2/c12-10-3-1-2-8(6-10)11-9(7-14)4-5-15(11)13/h1-6H. The quantitative estimate of drug-likeness (QED) is 0.743. The lowest BCUT2D eigenvalue weighted by atomic mass is 10.1. The first-order chi connectivity index (χ1) is 7.22. The van der Waals surface area contributed by atoms with Crippen molar-refractivity contribution in [1.82, 2.24) is 4.09 Å². The number of hydrogen-bond acceptors (Lipinski definition) is 1. The van der Waals surface area contributed by atoms with Gasteiger partial charge in [0.15, 0.2) is 0 Å². The molecule has 0 aliphatic carbocycles. The zero-order chi connectivity index (χ0) is 10.8. The normalized spacial score (nSPS) is 9.93. The van der Waals surface area contributed by atoms with Crippen LogP contribution in [0.1, 0.15) is 5.56 Å². The molecule has 0 saturated carbocycles. The van der Waals surface area contributed by atoms with Crippen molar-refractivity contribution in [3.8, 4) is 17.3 Å². The Labute approximate surface area is 97.4 Å². The molecule has 0 unspecified atom stereocenters. The van der Waals surface area contributed by atoms with Gasteiger partial charge in [-0.1, -0.05) is 23.7 Å². The summed E-state index contributed by atoms with van der Waals surface area (Å²) in [4.78, 5) is 0. The minimum absolute atomic E-state index is 0.535. The maximum atomic E-state index is 8.91. The lowest BCUT2D eigenvalue weighted by Crippen LogP contribution is -1.86. The van der Waals surface area contributed by atoms with Crippen LogP contribution in [-0.4, -0.2) is 4.09 Å². The highest BCUT2D eigenvalue weighted by Gasteiger charge is 2.10. The second kappa shape index (κ2) is 3.98. The third kappa shape index (κ3) is 1.85. The molecule has 2 aromatic rings. The van der Waals surface area contributed by atoms with Crippen LogP contribution in [0, 0.1) is 11.3 Å². The SMILES string of the molecule is N#Cc1ccn(Cl)c1-c1cccc(Cl)c1. The molecule has 0 aliphatic heterocycles. The first kappa shape index (κ1) is 10.1. The third-order valence-corrected chi connectivity index (χ3v) is 2.58. The molecule has 0 bridgehead atoms. The fraction of sp³-hybridized carbons (Fsp3) is 0. The molecular formula is C11H6Cl2N2. The topological polar surface area (TPSA) is 28.7 Å². The molecule has 1 aromatic heterocycles. The number of rotatable bonds is 1. The Bertz CT molecular complexity index is 538. The van der Waals surface area contributed by atoms with E-state index in [1.165, 1.54) is 4.09 Å². The van der Waals surface area contributed by atoms with Gasteiger partial charge in [0.05, 0.1) is 11.3 Å². The largest absolute Gasteiger partial charge is 0.259 e. The highest BCUT2D eigenvalue weighted by atomic mass is 35.5. The molecule has 1 aromatic carbocycles. The van der Waals surface area contributed by atoms with Crippen LogP contribution in [0.4, 0.5) is 0 Å². The second-order valence-corrected chi connectivity index (χ2v) is 3.81. The van der Waals surface area contributed by atoms with E-state index < -0.39 is 0 Å². The molecule has 0 radical (unpaired) electrons. The summed E-state index contributed by atoms with van der Waals surface area (Å²) in [6.07, 6.45) is 1.64. The van der Waals surface area contributed by atoms with Gasteiger partial charge in [-0.3, -0.25) is 4.09 Å². The van der Waals surface area contributed by atoms with Gasteiger partial charge in [0.2, 0.25) is 0 Å². The molecular weight excluding hydrogens is 231 g/mol. The second-order valence-electron chi connectivity index (χ2n) is 3.01. The van der Waals surface area contributed by atoms with Gasteiger partial charge in [-0.15, -0.1) is 0 Å². The van der Waals surface area contributed by atoms with Crippen LogP contribution < -0.4 is 0 Å². The van der Waals surface area contributed by atoms with Gasteiger partial charge >= 0.3 is 0 Å². The Morgan fingerprint density at radius 2 is 2.07 bits per heavy atom. The van der Waals surface area contributed by atoms with Gasteiger partial charge < -0.3 is 0 Å². The predicted molar refractivity (Wildman–Crippen MR) is 60.8 cm³/mol. The summed E-state index contributed by atoms with van der Waals surface area (Å²) >= 11 is 11.8. The van der Waals surface area contributed by atoms with Crippen molar-refractivity contribution >= 4 is 23.4 Å². The Kier molecular flexibility index (Phi) is 2.68. The summed E-state index contributed by atoms with van der Waals surface area (Å²) in [7, 11) is 0. The Morgan fingerprint density at radius 3 is 2.73 bits per heavy atom. The van der Waals surface area contributed by atoms with Crippen molar-refractivity contribution in [3.05, 3.63) is 47.1 Å². The van der Waals surface area contributed by atoms with Crippen molar-refractivity contribution in [2.24, 2.45) is 0 Å². The van der Waals surface area contributed by atoms with Crippen LogP contribution in [0.25, 0.3) is 11.3 Å². The van der Waals surface area contributed by atoms with E-state index in [-0.39, 0.29) is 0 Å². The molecule has 4 heteroatoms. The maximum absolute atomic E-state index is 8.91. The molecule has 0 saturated heterocycles. The molecule has 2 rings (SSSR count). The van der Waals surface area contributed by atoms with Crippen LogP contribution in [0.2, 0.25) is 5.02 Å². The number of nitrogens with zero attached hydrogens (tertiary/aromatic N) is 2. The molecule has 0 fully saturated rings. The molecule has 1 heterocycles. The van der Waals surface area contributed by atoms with Crippen LogP contribution in [0.5, 0.6) is 0 Å². The molecule has 0 aliphatic rings. The van der Waals surface area contributed by atoms with Gasteiger partial charge in [0, 0.05) is 28.6 Å². The number of nitriles is 1. The van der Waals surface area contributed by atoms with Crippen molar-refractivity contribution in [2.45, 2.75) is 0 Å². The van der Waals surface area contributed by atoms with Gasteiger partial charge in [0.25, 0.3) is 0 Å². The van der Waals surface area contributed by atoms with Crippen LogP contribution >= 0.6 is 23.4 Å². The highest BCUT2D eigenvalue weighted by molar-refractivity contribution is 6.30. The molecule has 0 atom stereocenters. The van der Waals surface area contributed by atoms with E-state index in [2.05, 4.69) is 6.07 Å². The van der Waals surface area contributed by atoms with Crippen molar-refractivity contribution in [3.63, 3.8) is 0 Å². The van der Waals surface area contributed by atoms with E-state index in [9.17, 15) is 0 Å². The van der Waals surface area contributed by atoms with Crippen molar-refractivity contribution < 1.29 is 0 Å². The number of aromatic nitrogens is 1. The number of benzene rings is 1. The maximum Gasteiger partial charge on any atom is 0.101 e. The van der Waals surface area contributed by atoms with E-state index in [0.29, 0.717) is 16.3 Å². The monoisotopic (exact) mass is 236 g/mol. The summed E-state index contributed by atoms with van der Waals surface area (Å²) in [6.45, 7) is 0. The Hall–Kier alpha value is -1.43. The number of hydrogen-bond donors (Lipinski definition) is 0. The van der Waals surface area contributed by atoms with E-state index in [1.54, 1.807) is 24.4 Å². The van der Waals surface area contributed by atoms with Crippen LogP contribution in [0.15, 0.2) is 36.5 Å². The summed E-state index contributed by atoms with van der Waals surface area (Å²) in [5, 5.41) is 9.53.